The smallest absolute Gasteiger partial charge is 0.159 e. The second-order valence-electron chi connectivity index (χ2n) is 14.5. The SMILES string of the molecule is c1ccc(-c2ccc(N(c3ccc(-c4ccccc4-n4c5ccccc5c5ccc(-c6ccccc6)cc54)cc3)c3cccc4c3oc3ccccc34)cc2)cc1. The van der Waals surface area contributed by atoms with Crippen molar-refractivity contribution in [3.05, 3.63) is 218 Å². The normalized spacial score (nSPS) is 11.5. The van der Waals surface area contributed by atoms with Crippen molar-refractivity contribution in [2.75, 3.05) is 4.90 Å². The molecular formula is C54H36N2O. The molecule has 268 valence electrons. The molecule has 9 aromatic carbocycles. The molecule has 0 radical (unpaired) electrons. The van der Waals surface area contributed by atoms with Crippen molar-refractivity contribution in [1.29, 1.82) is 0 Å². The molecule has 0 bridgehead atoms. The molecule has 57 heavy (non-hydrogen) atoms. The summed E-state index contributed by atoms with van der Waals surface area (Å²) in [6.07, 6.45) is 0. The van der Waals surface area contributed by atoms with Crippen LogP contribution in [-0.4, -0.2) is 4.57 Å². The van der Waals surface area contributed by atoms with Crippen molar-refractivity contribution in [2.45, 2.75) is 0 Å². The molecule has 0 saturated carbocycles. The van der Waals surface area contributed by atoms with Crippen molar-refractivity contribution in [3.63, 3.8) is 0 Å². The third-order valence-corrected chi connectivity index (χ3v) is 11.2. The molecule has 0 amide bonds. The summed E-state index contributed by atoms with van der Waals surface area (Å²) in [7, 11) is 0. The van der Waals surface area contributed by atoms with E-state index >= 15 is 0 Å². The van der Waals surface area contributed by atoms with Crippen LogP contribution in [0.5, 0.6) is 0 Å². The number of fused-ring (bicyclic) bond motifs is 6. The van der Waals surface area contributed by atoms with Crippen LogP contribution in [0.15, 0.2) is 223 Å². The molecule has 0 aliphatic carbocycles. The third kappa shape index (κ3) is 5.60. The summed E-state index contributed by atoms with van der Waals surface area (Å²) in [4.78, 5) is 2.31. The fourth-order valence-electron chi connectivity index (χ4n) is 8.51. The Labute approximate surface area is 330 Å². The van der Waals surface area contributed by atoms with Gasteiger partial charge in [-0.3, -0.25) is 0 Å². The molecular weight excluding hydrogens is 693 g/mol. The Kier molecular flexibility index (Phi) is 7.82. The van der Waals surface area contributed by atoms with Gasteiger partial charge in [0.1, 0.15) is 5.58 Å². The van der Waals surface area contributed by atoms with Gasteiger partial charge in [-0.25, -0.2) is 0 Å². The highest BCUT2D eigenvalue weighted by Crippen LogP contribution is 2.44. The van der Waals surface area contributed by atoms with Crippen molar-refractivity contribution in [2.24, 2.45) is 0 Å². The largest absolute Gasteiger partial charge is 0.454 e. The van der Waals surface area contributed by atoms with Crippen molar-refractivity contribution in [3.8, 4) is 39.1 Å². The monoisotopic (exact) mass is 728 g/mol. The minimum Gasteiger partial charge on any atom is -0.454 e. The standard InChI is InChI=1S/C54H36N2O/c1-3-14-37(15-4-1)39-26-31-42(32-27-39)55(51-24-13-21-48-47-20-9-12-25-53(47)57-54(48)51)43-33-28-40(29-34-43)44-18-7-10-22-49(44)56-50-23-11-8-19-45(50)46-35-30-41(36-52(46)56)38-16-5-2-6-17-38/h1-36H. The van der Waals surface area contributed by atoms with Gasteiger partial charge in [-0.15, -0.1) is 0 Å². The highest BCUT2D eigenvalue weighted by molar-refractivity contribution is 6.12. The van der Waals surface area contributed by atoms with Crippen LogP contribution in [0.3, 0.4) is 0 Å². The van der Waals surface area contributed by atoms with Crippen LogP contribution in [0.4, 0.5) is 17.1 Å². The first-order valence-corrected chi connectivity index (χ1v) is 19.4. The molecule has 3 heteroatoms. The van der Waals surface area contributed by atoms with Gasteiger partial charge in [-0.05, 0) is 82.4 Å². The van der Waals surface area contributed by atoms with Crippen molar-refractivity contribution >= 4 is 60.8 Å². The van der Waals surface area contributed by atoms with Gasteiger partial charge in [0.05, 0.1) is 22.4 Å². The van der Waals surface area contributed by atoms with E-state index in [4.69, 9.17) is 4.42 Å². The number of benzene rings is 9. The predicted molar refractivity (Wildman–Crippen MR) is 239 cm³/mol. The van der Waals surface area contributed by atoms with Crippen LogP contribution in [-0.2, 0) is 0 Å². The van der Waals surface area contributed by atoms with Crippen molar-refractivity contribution in [1.82, 2.24) is 4.57 Å². The number of hydrogen-bond acceptors (Lipinski definition) is 2. The van der Waals surface area contributed by atoms with E-state index in [0.29, 0.717) is 0 Å². The zero-order chi connectivity index (χ0) is 37.7. The lowest BCUT2D eigenvalue weighted by molar-refractivity contribution is 0.669. The number of furan rings is 1. The maximum absolute atomic E-state index is 6.61. The van der Waals surface area contributed by atoms with Gasteiger partial charge in [0, 0.05) is 38.5 Å². The number of hydrogen-bond donors (Lipinski definition) is 0. The molecule has 0 unspecified atom stereocenters. The van der Waals surface area contributed by atoms with Crippen LogP contribution >= 0.6 is 0 Å². The summed E-state index contributed by atoms with van der Waals surface area (Å²) in [6.45, 7) is 0. The van der Waals surface area contributed by atoms with Gasteiger partial charge < -0.3 is 13.9 Å². The first kappa shape index (κ1) is 32.8. The molecule has 0 aliphatic rings. The molecule has 0 atom stereocenters. The quantitative estimate of drug-likeness (QED) is 0.163. The number of para-hydroxylation sites is 4. The molecule has 11 aromatic rings. The maximum Gasteiger partial charge on any atom is 0.159 e. The van der Waals surface area contributed by atoms with Gasteiger partial charge >= 0.3 is 0 Å². The fraction of sp³-hybridized carbons (Fsp3) is 0. The molecule has 2 aromatic heterocycles. The van der Waals surface area contributed by atoms with Gasteiger partial charge in [0.15, 0.2) is 5.58 Å². The number of nitrogens with zero attached hydrogens (tertiary/aromatic N) is 2. The van der Waals surface area contributed by atoms with E-state index in [1.807, 2.05) is 12.1 Å². The number of rotatable bonds is 7. The topological polar surface area (TPSA) is 21.3 Å². The van der Waals surface area contributed by atoms with E-state index in [2.05, 4.69) is 216 Å². The first-order valence-electron chi connectivity index (χ1n) is 19.4. The minimum absolute atomic E-state index is 0.862. The first-order chi connectivity index (χ1) is 28.3. The van der Waals surface area contributed by atoms with Gasteiger partial charge in [0.25, 0.3) is 0 Å². The maximum atomic E-state index is 6.61. The average Bonchev–Trinajstić information content (AvgIpc) is 3.84. The number of aromatic nitrogens is 1. The lowest BCUT2D eigenvalue weighted by atomic mass is 10.0. The molecule has 0 saturated heterocycles. The molecule has 0 N–H and O–H groups in total. The van der Waals surface area contributed by atoms with Gasteiger partial charge in [-0.2, -0.15) is 0 Å². The van der Waals surface area contributed by atoms with E-state index in [1.165, 1.54) is 44.1 Å². The third-order valence-electron chi connectivity index (χ3n) is 11.2. The van der Waals surface area contributed by atoms with Crippen LogP contribution in [0.25, 0.3) is 82.8 Å². The Morgan fingerprint density at radius 2 is 0.895 bits per heavy atom. The summed E-state index contributed by atoms with van der Waals surface area (Å²) >= 11 is 0. The molecule has 2 heterocycles. The second kappa shape index (κ2) is 13.6. The van der Waals surface area contributed by atoms with Crippen molar-refractivity contribution < 1.29 is 4.42 Å². The lowest BCUT2D eigenvalue weighted by Gasteiger charge is -2.26. The molecule has 0 fully saturated rings. The Balaban J connectivity index is 1.06. The van der Waals surface area contributed by atoms with Gasteiger partial charge in [-0.1, -0.05) is 164 Å². The van der Waals surface area contributed by atoms with E-state index < -0.39 is 0 Å². The Bertz CT molecular complexity index is 3210. The summed E-state index contributed by atoms with van der Waals surface area (Å²) in [5.74, 6) is 0. The Morgan fingerprint density at radius 1 is 0.351 bits per heavy atom. The Morgan fingerprint density at radius 3 is 1.65 bits per heavy atom. The van der Waals surface area contributed by atoms with E-state index in [-0.39, 0.29) is 0 Å². The average molecular weight is 729 g/mol. The summed E-state index contributed by atoms with van der Waals surface area (Å²) in [6, 6.07) is 78.0. The van der Waals surface area contributed by atoms with E-state index in [0.717, 1.165) is 55.8 Å². The minimum atomic E-state index is 0.862. The molecule has 0 aliphatic heterocycles. The molecule has 3 nitrogen and oxygen atoms in total. The zero-order valence-electron chi connectivity index (χ0n) is 31.1. The fourth-order valence-corrected chi connectivity index (χ4v) is 8.51. The predicted octanol–water partition coefficient (Wildman–Crippen LogP) is 15.2. The Hall–Kier alpha value is -7.62. The van der Waals surface area contributed by atoms with Crippen LogP contribution in [0, 0.1) is 0 Å². The summed E-state index contributed by atoms with van der Waals surface area (Å²) in [5, 5.41) is 4.69. The van der Waals surface area contributed by atoms with E-state index in [9.17, 15) is 0 Å². The highest BCUT2D eigenvalue weighted by atomic mass is 16.3. The summed E-state index contributed by atoms with van der Waals surface area (Å²) < 4.78 is 9.05. The highest BCUT2D eigenvalue weighted by Gasteiger charge is 2.21. The number of anilines is 3. The van der Waals surface area contributed by atoms with Crippen LogP contribution < -0.4 is 4.90 Å². The van der Waals surface area contributed by atoms with Crippen LogP contribution in [0.1, 0.15) is 0 Å². The summed E-state index contributed by atoms with van der Waals surface area (Å²) in [5.41, 5.74) is 15.4. The van der Waals surface area contributed by atoms with Crippen LogP contribution in [0.2, 0.25) is 0 Å². The zero-order valence-corrected chi connectivity index (χ0v) is 31.1. The molecule has 11 rings (SSSR count). The van der Waals surface area contributed by atoms with Gasteiger partial charge in [0.2, 0.25) is 0 Å². The second-order valence-corrected chi connectivity index (χ2v) is 14.5. The molecule has 0 spiro atoms. The van der Waals surface area contributed by atoms with E-state index in [1.54, 1.807) is 0 Å². The lowest BCUT2D eigenvalue weighted by Crippen LogP contribution is -2.10.